The molecule has 1 saturated heterocycles. The number of hydrogen-bond donors (Lipinski definition) is 0. The Kier molecular flexibility index (Phi) is 9.93. The zero-order valence-electron chi connectivity index (χ0n) is 22.2. The second kappa shape index (κ2) is 12.3. The summed E-state index contributed by atoms with van der Waals surface area (Å²) in [5.74, 6) is -3.33. The van der Waals surface area contributed by atoms with Gasteiger partial charge in [-0.15, -0.1) is 0 Å². The maximum atomic E-state index is 13.2. The first kappa shape index (κ1) is 29.2. The van der Waals surface area contributed by atoms with Crippen LogP contribution in [0.15, 0.2) is 30.3 Å². The lowest BCUT2D eigenvalue weighted by Gasteiger charge is -2.37. The summed E-state index contributed by atoms with van der Waals surface area (Å²) in [7, 11) is 0. The van der Waals surface area contributed by atoms with Crippen LogP contribution in [-0.2, 0) is 35.1 Å². The quantitative estimate of drug-likeness (QED) is 0.295. The number of rotatable bonds is 13. The van der Waals surface area contributed by atoms with Gasteiger partial charge in [0.1, 0.15) is 18.4 Å². The van der Waals surface area contributed by atoms with Crippen molar-refractivity contribution in [1.29, 1.82) is 0 Å². The van der Waals surface area contributed by atoms with Crippen molar-refractivity contribution in [2.45, 2.75) is 79.2 Å². The highest BCUT2D eigenvalue weighted by Gasteiger charge is 2.46. The number of imide groups is 2. The summed E-state index contributed by atoms with van der Waals surface area (Å²) in [5, 5.41) is 0. The number of carbonyl (C=O) groups excluding carboxylic acids is 5. The first-order valence-electron chi connectivity index (χ1n) is 12.4. The summed E-state index contributed by atoms with van der Waals surface area (Å²) in [6, 6.07) is 8.08. The Balaban J connectivity index is 2.15. The molecule has 0 spiro atoms. The molecular formula is C27H38N2O7. The fourth-order valence-electron chi connectivity index (χ4n) is 3.38. The van der Waals surface area contributed by atoms with Gasteiger partial charge >= 0.3 is 12.0 Å². The molecule has 198 valence electrons. The SMILES string of the molecule is CCC(C)(C)OCN1C(=O)C(Cc2ccccc2)C(=O)N(COC(=O)CCC(=O)C(C)(C)CC)C1=O. The molecule has 1 aliphatic heterocycles. The molecule has 0 radical (unpaired) electrons. The van der Waals surface area contributed by atoms with Crippen molar-refractivity contribution in [3.63, 3.8) is 0 Å². The maximum Gasteiger partial charge on any atom is 0.338 e. The summed E-state index contributed by atoms with van der Waals surface area (Å²) in [6.45, 7) is 10.1. The van der Waals surface area contributed by atoms with E-state index in [0.717, 1.165) is 15.4 Å². The molecule has 9 heteroatoms. The molecule has 1 aromatic rings. The summed E-state index contributed by atoms with van der Waals surface area (Å²) < 4.78 is 11.0. The van der Waals surface area contributed by atoms with Crippen LogP contribution in [-0.4, -0.2) is 58.5 Å². The van der Waals surface area contributed by atoms with E-state index in [9.17, 15) is 24.0 Å². The molecule has 1 atom stereocenters. The van der Waals surface area contributed by atoms with Crippen LogP contribution in [0.1, 0.15) is 72.8 Å². The zero-order chi connectivity index (χ0) is 27.1. The number of ketones is 1. The van der Waals surface area contributed by atoms with Gasteiger partial charge in [0.25, 0.3) is 0 Å². The molecule has 4 amide bonds. The van der Waals surface area contributed by atoms with Crippen LogP contribution >= 0.6 is 0 Å². The minimum atomic E-state index is -1.16. The maximum absolute atomic E-state index is 13.2. The third-order valence-electron chi connectivity index (χ3n) is 6.86. The number of nitrogens with zero attached hydrogens (tertiary/aromatic N) is 2. The molecule has 9 nitrogen and oxygen atoms in total. The molecule has 1 fully saturated rings. The van der Waals surface area contributed by atoms with Gasteiger partial charge in [0.05, 0.1) is 12.0 Å². The first-order chi connectivity index (χ1) is 16.8. The van der Waals surface area contributed by atoms with Gasteiger partial charge in [-0.2, -0.15) is 0 Å². The Morgan fingerprint density at radius 3 is 2.00 bits per heavy atom. The third-order valence-corrected chi connectivity index (χ3v) is 6.86. The van der Waals surface area contributed by atoms with Crippen LogP contribution < -0.4 is 0 Å². The molecule has 0 saturated carbocycles. The molecule has 1 heterocycles. The lowest BCUT2D eigenvalue weighted by molar-refractivity contribution is -0.162. The van der Waals surface area contributed by atoms with Crippen LogP contribution in [0, 0.1) is 11.3 Å². The van der Waals surface area contributed by atoms with Gasteiger partial charge in [0.2, 0.25) is 11.8 Å². The average molecular weight is 503 g/mol. The first-order valence-corrected chi connectivity index (χ1v) is 12.4. The van der Waals surface area contributed by atoms with Crippen molar-refractivity contribution in [3.8, 4) is 0 Å². The van der Waals surface area contributed by atoms with Crippen molar-refractivity contribution in [2.75, 3.05) is 13.5 Å². The van der Waals surface area contributed by atoms with Crippen molar-refractivity contribution in [1.82, 2.24) is 9.80 Å². The molecule has 0 aromatic heterocycles. The van der Waals surface area contributed by atoms with Gasteiger partial charge in [-0.25, -0.2) is 14.6 Å². The summed E-state index contributed by atoms with van der Waals surface area (Å²) >= 11 is 0. The second-order valence-electron chi connectivity index (χ2n) is 10.3. The molecule has 0 bridgehead atoms. The smallest absolute Gasteiger partial charge is 0.338 e. The van der Waals surface area contributed by atoms with E-state index in [4.69, 9.17) is 9.47 Å². The van der Waals surface area contributed by atoms with Crippen LogP contribution in [0.3, 0.4) is 0 Å². The van der Waals surface area contributed by atoms with Crippen LogP contribution in [0.4, 0.5) is 4.79 Å². The molecular weight excluding hydrogens is 464 g/mol. The number of barbiturate groups is 1. The lowest BCUT2D eigenvalue weighted by atomic mass is 9.83. The van der Waals surface area contributed by atoms with E-state index in [1.807, 2.05) is 47.6 Å². The standard InChI is InChI=1S/C27H38N2O7/c1-7-26(3,4)21(30)14-15-22(31)35-17-28-23(32)20(16-19-12-10-9-11-13-19)24(33)29(25(28)34)18-36-27(5,6)8-2/h9-13,20H,7-8,14-18H2,1-6H3. The van der Waals surface area contributed by atoms with Crippen molar-refractivity contribution in [3.05, 3.63) is 35.9 Å². The molecule has 36 heavy (non-hydrogen) atoms. The zero-order valence-corrected chi connectivity index (χ0v) is 22.2. The molecule has 0 N–H and O–H groups in total. The number of hydrogen-bond acceptors (Lipinski definition) is 7. The third kappa shape index (κ3) is 7.46. The van der Waals surface area contributed by atoms with Crippen molar-refractivity contribution < 1.29 is 33.4 Å². The number of amides is 4. The highest BCUT2D eigenvalue weighted by molar-refractivity contribution is 6.16. The van der Waals surface area contributed by atoms with E-state index in [0.29, 0.717) is 12.8 Å². The lowest BCUT2D eigenvalue weighted by Crippen LogP contribution is -2.61. The van der Waals surface area contributed by atoms with Gasteiger partial charge in [0.15, 0.2) is 6.73 Å². The van der Waals surface area contributed by atoms with E-state index >= 15 is 0 Å². The Hall–Kier alpha value is -3.07. The van der Waals surface area contributed by atoms with Crippen molar-refractivity contribution in [2.24, 2.45) is 11.3 Å². The minimum absolute atomic E-state index is 0.00273. The molecule has 0 aliphatic carbocycles. The summed E-state index contributed by atoms with van der Waals surface area (Å²) in [4.78, 5) is 65.7. The molecule has 1 unspecified atom stereocenters. The fourth-order valence-corrected chi connectivity index (χ4v) is 3.38. The molecule has 1 aliphatic rings. The van der Waals surface area contributed by atoms with E-state index in [-0.39, 0.29) is 31.8 Å². The number of benzene rings is 1. The Labute approximate surface area is 213 Å². The van der Waals surface area contributed by atoms with E-state index in [2.05, 4.69) is 0 Å². The van der Waals surface area contributed by atoms with Gasteiger partial charge < -0.3 is 9.47 Å². The predicted octanol–water partition coefficient (Wildman–Crippen LogP) is 4.09. The normalized spacial score (nSPS) is 16.9. The fraction of sp³-hybridized carbons (Fsp3) is 0.593. The van der Waals surface area contributed by atoms with Crippen molar-refractivity contribution >= 4 is 29.6 Å². The predicted molar refractivity (Wildman–Crippen MR) is 132 cm³/mol. The Morgan fingerprint density at radius 2 is 1.44 bits per heavy atom. The number of esters is 1. The van der Waals surface area contributed by atoms with Gasteiger partial charge in [0, 0.05) is 11.8 Å². The monoisotopic (exact) mass is 502 g/mol. The molecule has 1 aromatic carbocycles. The van der Waals surface area contributed by atoms with Crippen LogP contribution in [0.25, 0.3) is 0 Å². The van der Waals surface area contributed by atoms with Gasteiger partial charge in [-0.05, 0) is 38.7 Å². The van der Waals surface area contributed by atoms with Crippen LogP contribution in [0.5, 0.6) is 0 Å². The topological polar surface area (TPSA) is 110 Å². The van der Waals surface area contributed by atoms with Crippen LogP contribution in [0.2, 0.25) is 0 Å². The second-order valence-corrected chi connectivity index (χ2v) is 10.3. The Bertz CT molecular complexity index is 972. The van der Waals surface area contributed by atoms with E-state index in [1.54, 1.807) is 24.3 Å². The summed E-state index contributed by atoms with van der Waals surface area (Å²) in [5.41, 5.74) is -0.383. The minimum Gasteiger partial charge on any atom is -0.444 e. The van der Waals surface area contributed by atoms with E-state index in [1.165, 1.54) is 0 Å². The summed E-state index contributed by atoms with van der Waals surface area (Å²) in [6.07, 6.45) is 1.21. The number of ether oxygens (including phenoxy) is 2. The highest BCUT2D eigenvalue weighted by Crippen LogP contribution is 2.25. The van der Waals surface area contributed by atoms with E-state index < -0.39 is 47.5 Å². The Morgan fingerprint density at radius 1 is 0.861 bits per heavy atom. The highest BCUT2D eigenvalue weighted by atomic mass is 16.5. The largest absolute Gasteiger partial charge is 0.444 e. The average Bonchev–Trinajstić information content (AvgIpc) is 2.85. The van der Waals surface area contributed by atoms with Gasteiger partial charge in [-0.3, -0.25) is 19.2 Å². The molecule has 2 rings (SSSR count). The van der Waals surface area contributed by atoms with Gasteiger partial charge in [-0.1, -0.05) is 58.0 Å². The number of carbonyl (C=O) groups is 5. The number of urea groups is 1. The number of Topliss-reactive ketones (excluding diaryl/α,β-unsaturated/α-hetero) is 1.